The van der Waals surface area contributed by atoms with Gasteiger partial charge in [0.05, 0.1) is 5.02 Å². The van der Waals surface area contributed by atoms with Gasteiger partial charge in [-0.15, -0.1) is 0 Å². The fraction of sp³-hybridized carbons (Fsp3) is 0.500. The topological polar surface area (TPSA) is 21.3 Å². The molecule has 0 aromatic heterocycles. The molecule has 0 aliphatic heterocycles. The van der Waals surface area contributed by atoms with Crippen LogP contribution in [-0.4, -0.2) is 19.7 Å². The highest BCUT2D eigenvalue weighted by atomic mass is 35.5. The Morgan fingerprint density at radius 1 is 1.38 bits per heavy atom. The molecule has 0 aliphatic rings. The van der Waals surface area contributed by atoms with E-state index in [1.54, 1.807) is 18.2 Å². The number of hydrogen-bond acceptors (Lipinski definition) is 2. The Balaban J connectivity index is 2.71. The fourth-order valence-electron chi connectivity index (χ4n) is 1.50. The molecule has 4 heteroatoms. The van der Waals surface area contributed by atoms with E-state index >= 15 is 0 Å². The van der Waals surface area contributed by atoms with Gasteiger partial charge in [-0.1, -0.05) is 36.5 Å². The number of likely N-dealkylation sites (N-methyl/N-ethyl adjacent to an activating group) is 1. The first kappa shape index (κ1) is 13.6. The highest BCUT2D eigenvalue weighted by molar-refractivity contribution is 6.34. The van der Waals surface area contributed by atoms with Gasteiger partial charge in [-0.3, -0.25) is 0 Å². The molecule has 2 nitrogen and oxygen atoms in total. The van der Waals surface area contributed by atoms with Crippen LogP contribution in [0.5, 0.6) is 5.75 Å². The van der Waals surface area contributed by atoms with Crippen LogP contribution in [0.15, 0.2) is 18.2 Å². The summed E-state index contributed by atoms with van der Waals surface area (Å²) in [6.45, 7) is 2.93. The zero-order valence-corrected chi connectivity index (χ0v) is 11.1. The van der Waals surface area contributed by atoms with Gasteiger partial charge in [0.15, 0.2) is 0 Å². The van der Waals surface area contributed by atoms with E-state index in [0.717, 1.165) is 19.4 Å². The van der Waals surface area contributed by atoms with Gasteiger partial charge >= 0.3 is 0 Å². The first-order valence-corrected chi connectivity index (χ1v) is 6.19. The molecule has 0 saturated heterocycles. The van der Waals surface area contributed by atoms with Gasteiger partial charge in [0, 0.05) is 17.6 Å². The van der Waals surface area contributed by atoms with E-state index in [1.807, 2.05) is 7.05 Å². The molecule has 90 valence electrons. The Bertz CT molecular complexity index is 325. The monoisotopic (exact) mass is 261 g/mol. The van der Waals surface area contributed by atoms with Crippen LogP contribution < -0.4 is 10.1 Å². The Kier molecular flexibility index (Phi) is 5.96. The molecule has 0 spiro atoms. The summed E-state index contributed by atoms with van der Waals surface area (Å²) < 4.78 is 5.83. The van der Waals surface area contributed by atoms with E-state index in [9.17, 15) is 0 Å². The number of ether oxygens (including phenoxy) is 1. The number of halogens is 2. The van der Waals surface area contributed by atoms with Crippen LogP contribution >= 0.6 is 23.2 Å². The summed E-state index contributed by atoms with van der Waals surface area (Å²) in [5, 5.41) is 4.34. The van der Waals surface area contributed by atoms with Crippen LogP contribution in [-0.2, 0) is 0 Å². The summed E-state index contributed by atoms with van der Waals surface area (Å²) in [6.07, 6.45) is 2.19. The lowest BCUT2D eigenvalue weighted by Crippen LogP contribution is -2.29. The van der Waals surface area contributed by atoms with Crippen molar-refractivity contribution in [2.45, 2.75) is 25.9 Å². The largest absolute Gasteiger partial charge is 0.487 e. The number of benzene rings is 1. The Morgan fingerprint density at radius 3 is 2.75 bits per heavy atom. The first-order chi connectivity index (χ1) is 7.67. The smallest absolute Gasteiger partial charge is 0.139 e. The zero-order chi connectivity index (χ0) is 12.0. The molecule has 0 amide bonds. The van der Waals surface area contributed by atoms with Gasteiger partial charge in [-0.2, -0.15) is 0 Å². The van der Waals surface area contributed by atoms with Crippen molar-refractivity contribution >= 4 is 23.2 Å². The summed E-state index contributed by atoms with van der Waals surface area (Å²) >= 11 is 11.9. The predicted molar refractivity (Wildman–Crippen MR) is 69.7 cm³/mol. The van der Waals surface area contributed by atoms with Crippen LogP contribution in [0.3, 0.4) is 0 Å². The van der Waals surface area contributed by atoms with Crippen molar-refractivity contribution in [3.05, 3.63) is 28.2 Å². The maximum Gasteiger partial charge on any atom is 0.139 e. The second-order valence-corrected chi connectivity index (χ2v) is 4.50. The van der Waals surface area contributed by atoms with E-state index in [4.69, 9.17) is 27.9 Å². The van der Waals surface area contributed by atoms with Gasteiger partial charge in [-0.25, -0.2) is 0 Å². The lowest BCUT2D eigenvalue weighted by Gasteiger charge is -2.19. The number of rotatable bonds is 6. The maximum absolute atomic E-state index is 6.04. The van der Waals surface area contributed by atoms with Crippen molar-refractivity contribution in [1.82, 2.24) is 5.32 Å². The molecular formula is C12H17Cl2NO. The first-order valence-electron chi connectivity index (χ1n) is 5.43. The lowest BCUT2D eigenvalue weighted by atomic mass is 10.2. The molecule has 0 bridgehead atoms. The van der Waals surface area contributed by atoms with Crippen molar-refractivity contribution in [3.63, 3.8) is 0 Å². The van der Waals surface area contributed by atoms with Crippen LogP contribution in [0.4, 0.5) is 0 Å². The average molecular weight is 262 g/mol. The second kappa shape index (κ2) is 7.00. The third kappa shape index (κ3) is 4.20. The molecule has 1 unspecified atom stereocenters. The number of hydrogen-bond donors (Lipinski definition) is 1. The predicted octanol–water partition coefficient (Wildman–Crippen LogP) is 3.76. The molecule has 1 rings (SSSR count). The molecule has 16 heavy (non-hydrogen) atoms. The molecule has 1 aromatic carbocycles. The molecule has 0 fully saturated rings. The minimum absolute atomic E-state index is 0.131. The van der Waals surface area contributed by atoms with Crippen LogP contribution in [0.25, 0.3) is 0 Å². The van der Waals surface area contributed by atoms with Crippen LogP contribution in [0, 0.1) is 0 Å². The van der Waals surface area contributed by atoms with Crippen molar-refractivity contribution < 1.29 is 4.74 Å². The van der Waals surface area contributed by atoms with E-state index in [2.05, 4.69) is 12.2 Å². The van der Waals surface area contributed by atoms with Gasteiger partial charge < -0.3 is 10.1 Å². The van der Waals surface area contributed by atoms with Crippen molar-refractivity contribution in [2.24, 2.45) is 0 Å². The summed E-state index contributed by atoms with van der Waals surface area (Å²) in [5.41, 5.74) is 0. The van der Waals surface area contributed by atoms with Crippen LogP contribution in [0.1, 0.15) is 19.8 Å². The van der Waals surface area contributed by atoms with Crippen molar-refractivity contribution in [3.8, 4) is 5.75 Å². The quantitative estimate of drug-likeness (QED) is 0.842. The minimum Gasteiger partial charge on any atom is -0.487 e. The zero-order valence-electron chi connectivity index (χ0n) is 9.59. The summed E-state index contributed by atoms with van der Waals surface area (Å²) in [6, 6.07) is 5.26. The average Bonchev–Trinajstić information content (AvgIpc) is 2.24. The molecule has 0 radical (unpaired) electrons. The van der Waals surface area contributed by atoms with Gasteiger partial charge in [0.25, 0.3) is 0 Å². The van der Waals surface area contributed by atoms with E-state index < -0.39 is 0 Å². The molecule has 1 atom stereocenters. The SMILES string of the molecule is CCCC(CNC)Oc1cc(Cl)ccc1Cl. The minimum atomic E-state index is 0.131. The molecular weight excluding hydrogens is 245 g/mol. The third-order valence-corrected chi connectivity index (χ3v) is 2.78. The molecule has 0 aliphatic carbocycles. The number of nitrogens with one attached hydrogen (secondary N) is 1. The molecule has 1 aromatic rings. The normalized spacial score (nSPS) is 12.5. The highest BCUT2D eigenvalue weighted by Crippen LogP contribution is 2.28. The Labute approximate surface area is 107 Å². The van der Waals surface area contributed by atoms with Crippen molar-refractivity contribution in [2.75, 3.05) is 13.6 Å². The maximum atomic E-state index is 6.04. The Morgan fingerprint density at radius 2 is 2.12 bits per heavy atom. The molecule has 1 N–H and O–H groups in total. The molecule has 0 saturated carbocycles. The second-order valence-electron chi connectivity index (χ2n) is 3.66. The fourth-order valence-corrected chi connectivity index (χ4v) is 1.82. The van der Waals surface area contributed by atoms with Gasteiger partial charge in [0.1, 0.15) is 11.9 Å². The molecule has 0 heterocycles. The van der Waals surface area contributed by atoms with Crippen molar-refractivity contribution in [1.29, 1.82) is 0 Å². The third-order valence-electron chi connectivity index (χ3n) is 2.23. The van der Waals surface area contributed by atoms with E-state index in [0.29, 0.717) is 15.8 Å². The van der Waals surface area contributed by atoms with Gasteiger partial charge in [-0.05, 0) is 25.6 Å². The van der Waals surface area contributed by atoms with Gasteiger partial charge in [0.2, 0.25) is 0 Å². The summed E-state index contributed by atoms with van der Waals surface area (Å²) in [5.74, 6) is 0.655. The standard InChI is InChI=1S/C12H17Cl2NO/c1-3-4-10(8-15-2)16-12-7-9(13)5-6-11(12)14/h5-7,10,15H,3-4,8H2,1-2H3. The van der Waals surface area contributed by atoms with E-state index in [1.165, 1.54) is 0 Å². The highest BCUT2D eigenvalue weighted by Gasteiger charge is 2.11. The van der Waals surface area contributed by atoms with Crippen LogP contribution in [0.2, 0.25) is 10.0 Å². The van der Waals surface area contributed by atoms with E-state index in [-0.39, 0.29) is 6.10 Å². The lowest BCUT2D eigenvalue weighted by molar-refractivity contribution is 0.189. The summed E-state index contributed by atoms with van der Waals surface area (Å²) in [7, 11) is 1.91. The summed E-state index contributed by atoms with van der Waals surface area (Å²) in [4.78, 5) is 0. The Hall–Kier alpha value is -0.440.